The van der Waals surface area contributed by atoms with Gasteiger partial charge < -0.3 is 0 Å². The molecule has 0 N–H and O–H groups in total. The fourth-order valence-corrected chi connectivity index (χ4v) is 0. The summed E-state index contributed by atoms with van der Waals surface area (Å²) in [6.07, 6.45) is 0. The van der Waals surface area contributed by atoms with Crippen molar-refractivity contribution in [3.63, 3.8) is 0 Å². The summed E-state index contributed by atoms with van der Waals surface area (Å²) in [5, 5.41) is 0. The van der Waals surface area contributed by atoms with Crippen molar-refractivity contribution in [1.29, 1.82) is 0 Å². The fraction of sp³-hybridized carbons (Fsp3) is 0. The van der Waals surface area contributed by atoms with Crippen LogP contribution in [0.5, 0.6) is 0 Å². The standard InChI is InChI=1S/Ba.GeH4.H2O4Te/c;;1-5(2,3)4/h;1H4;(H2,1,2,3,4)/q+2;;/p-2. The van der Waals surface area contributed by atoms with Crippen LogP contribution in [0.1, 0.15) is 0 Å². The third kappa shape index (κ3) is 59.2. The first kappa shape index (κ1) is 16.2. The Balaban J connectivity index is -0.0000000800. The van der Waals surface area contributed by atoms with Crippen molar-refractivity contribution in [2.45, 2.75) is 0 Å². The molecule has 0 radical (unpaired) electrons. The second-order valence-corrected chi connectivity index (χ2v) is 2.74. The van der Waals surface area contributed by atoms with E-state index < -0.39 is 19.0 Å². The van der Waals surface area contributed by atoms with Gasteiger partial charge in [0.2, 0.25) is 0 Å². The molecule has 0 heterocycles. The van der Waals surface area contributed by atoms with Crippen LogP contribution in [0.25, 0.3) is 0 Å². The van der Waals surface area contributed by atoms with Gasteiger partial charge in [-0.1, -0.05) is 0 Å². The van der Waals surface area contributed by atoms with Crippen LogP contribution in [0.15, 0.2) is 0 Å². The first-order chi connectivity index (χ1) is 2.00. The number of hydrogen-bond acceptors (Lipinski definition) is 4. The Morgan fingerprint density at radius 3 is 1.14 bits per heavy atom. The van der Waals surface area contributed by atoms with Crippen molar-refractivity contribution in [2.75, 3.05) is 0 Å². The van der Waals surface area contributed by atoms with E-state index in [1.165, 1.54) is 0 Å². The molecule has 0 aromatic rings. The van der Waals surface area contributed by atoms with Crippen molar-refractivity contribution in [3.8, 4) is 0 Å². The van der Waals surface area contributed by atoms with Gasteiger partial charge in [0.1, 0.15) is 0 Å². The Bertz CT molecular complexity index is 94.9. The van der Waals surface area contributed by atoms with E-state index in [1.54, 1.807) is 0 Å². The van der Waals surface area contributed by atoms with Crippen LogP contribution >= 0.6 is 0 Å². The van der Waals surface area contributed by atoms with Crippen molar-refractivity contribution < 1.29 is 13.2 Å². The van der Waals surface area contributed by atoms with E-state index in [1.807, 2.05) is 0 Å². The summed E-state index contributed by atoms with van der Waals surface area (Å²) in [7, 11) is 0. The first-order valence-corrected chi connectivity index (χ1v) is 4.47. The maximum absolute atomic E-state index is 8.63. The van der Waals surface area contributed by atoms with Gasteiger partial charge in [-0.3, -0.25) is 0 Å². The van der Waals surface area contributed by atoms with Crippen molar-refractivity contribution in [1.82, 2.24) is 0 Å². The van der Waals surface area contributed by atoms with Gasteiger partial charge in [0.25, 0.3) is 0 Å². The quantitative estimate of drug-likeness (QED) is 0.379. The van der Waals surface area contributed by atoms with E-state index in [4.69, 9.17) is 13.2 Å². The van der Waals surface area contributed by atoms with Crippen LogP contribution in [-0.2, 0) is 6.21 Å². The summed E-state index contributed by atoms with van der Waals surface area (Å²) in [6, 6.07) is 0. The van der Waals surface area contributed by atoms with E-state index in [2.05, 4.69) is 0 Å². The van der Waals surface area contributed by atoms with Crippen molar-refractivity contribution >= 4 is 85.4 Å². The minimum absolute atomic E-state index is 0. The van der Waals surface area contributed by atoms with Gasteiger partial charge >= 0.3 is 98.6 Å². The SMILES string of the molecule is O=[Te](=O)([O-])[O-].[Ba+2].[GeH4]. The molecule has 0 aliphatic carbocycles. The van der Waals surface area contributed by atoms with E-state index in [-0.39, 0.29) is 66.5 Å². The maximum atomic E-state index is 8.63. The first-order valence-electron chi connectivity index (χ1n) is 0.667. The van der Waals surface area contributed by atoms with Gasteiger partial charge in [-0.05, 0) is 0 Å². The second-order valence-electron chi connectivity index (χ2n) is 0.408. The third-order valence-corrected chi connectivity index (χ3v) is 0. The van der Waals surface area contributed by atoms with Gasteiger partial charge in [0, 0.05) is 0 Å². The molecule has 0 fully saturated rings. The molecule has 40 valence electrons. The summed E-state index contributed by atoms with van der Waals surface area (Å²) < 4.78 is 34.5. The fourth-order valence-electron chi connectivity index (χ4n) is 0. The van der Waals surface area contributed by atoms with Crippen LogP contribution in [-0.4, -0.2) is 85.4 Å². The molecular formula is H4BaGeO4Te. The molecule has 7 heteroatoms. The Labute approximate surface area is 96.4 Å². The summed E-state index contributed by atoms with van der Waals surface area (Å²) in [6.45, 7) is 0. The van der Waals surface area contributed by atoms with Crippen LogP contribution in [0.4, 0.5) is 0 Å². The van der Waals surface area contributed by atoms with Gasteiger partial charge in [-0.25, -0.2) is 0 Å². The molecule has 0 aliphatic rings. The van der Waals surface area contributed by atoms with Crippen LogP contribution in [0.2, 0.25) is 0 Å². The molecule has 0 bridgehead atoms. The second kappa shape index (κ2) is 6.54. The Hall–Kier alpha value is 2.42. The topological polar surface area (TPSA) is 80.3 Å². The summed E-state index contributed by atoms with van der Waals surface area (Å²) >= 11 is -6.02. The zero-order chi connectivity index (χ0) is 4.50. The Morgan fingerprint density at radius 2 is 1.14 bits per heavy atom. The van der Waals surface area contributed by atoms with Crippen molar-refractivity contribution in [2.24, 2.45) is 0 Å². The molecular weight excluding hydrogens is 402 g/mol. The van der Waals surface area contributed by atoms with Crippen LogP contribution in [0.3, 0.4) is 0 Å². The van der Waals surface area contributed by atoms with Crippen LogP contribution < -0.4 is 6.94 Å². The monoisotopic (exact) mass is 410 g/mol. The predicted molar refractivity (Wildman–Crippen MR) is 24.2 cm³/mol. The van der Waals surface area contributed by atoms with E-state index in [0.29, 0.717) is 0 Å². The summed E-state index contributed by atoms with van der Waals surface area (Å²) in [5.41, 5.74) is 0. The normalized spacial score (nSPS) is 8.29. The average Bonchev–Trinajstić information content (AvgIpc) is 0.722. The summed E-state index contributed by atoms with van der Waals surface area (Å²) in [4.78, 5) is 0. The molecule has 0 atom stereocenters. The van der Waals surface area contributed by atoms with Gasteiger partial charge in [0.15, 0.2) is 0 Å². The molecule has 7 heavy (non-hydrogen) atoms. The number of hydrogen-bond donors (Lipinski definition) is 0. The Morgan fingerprint density at radius 1 is 1.14 bits per heavy atom. The zero-order valence-electron chi connectivity index (χ0n) is 2.75. The molecule has 0 saturated heterocycles. The van der Waals surface area contributed by atoms with Gasteiger partial charge in [-0.15, -0.1) is 0 Å². The number of rotatable bonds is 0. The summed E-state index contributed by atoms with van der Waals surface area (Å²) in [5.74, 6) is 0. The van der Waals surface area contributed by atoms with Crippen molar-refractivity contribution in [3.05, 3.63) is 0 Å². The molecule has 0 aromatic carbocycles. The van der Waals surface area contributed by atoms with Gasteiger partial charge in [-0.2, -0.15) is 0 Å². The molecule has 0 rings (SSSR count). The van der Waals surface area contributed by atoms with E-state index in [0.717, 1.165) is 0 Å². The molecule has 0 aliphatic heterocycles. The molecule has 0 amide bonds. The van der Waals surface area contributed by atoms with Gasteiger partial charge in [0.05, 0.1) is 0 Å². The molecule has 0 aromatic heterocycles. The Kier molecular flexibility index (Phi) is 15.1. The van der Waals surface area contributed by atoms with E-state index >= 15 is 0 Å². The molecule has 0 saturated carbocycles. The van der Waals surface area contributed by atoms with E-state index in [9.17, 15) is 0 Å². The zero-order valence-corrected chi connectivity index (χ0v) is 9.52. The van der Waals surface area contributed by atoms with Crippen LogP contribution in [0, 0.1) is 0 Å². The third-order valence-electron chi connectivity index (χ3n) is 0. The molecule has 4 nitrogen and oxygen atoms in total. The molecule has 0 spiro atoms. The average molecular weight is 406 g/mol. The predicted octanol–water partition coefficient (Wildman–Crippen LogP) is -4.83. The molecule has 0 unspecified atom stereocenters. The minimum atomic E-state index is -6.02.